The van der Waals surface area contributed by atoms with Crippen LogP contribution in [-0.4, -0.2) is 31.9 Å². The Morgan fingerprint density at radius 1 is 1.22 bits per heavy atom. The minimum Gasteiger partial charge on any atom is -0.381 e. The van der Waals surface area contributed by atoms with Gasteiger partial charge in [0.2, 0.25) is 0 Å². The summed E-state index contributed by atoms with van der Waals surface area (Å²) in [6.45, 7) is 8.07. The van der Waals surface area contributed by atoms with Crippen LogP contribution in [-0.2, 0) is 9.59 Å². The number of hydrogen-bond acceptors (Lipinski definition) is 3. The quantitative estimate of drug-likeness (QED) is 0.413. The molecule has 0 aromatic rings. The molecular formula is C22H30Br2O3. The maximum Gasteiger partial charge on any atom is 0.162 e. The second kappa shape index (κ2) is 6.25. The molecule has 5 heteroatoms. The van der Waals surface area contributed by atoms with Gasteiger partial charge in [0, 0.05) is 5.41 Å². The molecule has 27 heavy (non-hydrogen) atoms. The lowest BCUT2D eigenvalue weighted by Crippen LogP contribution is -2.58. The van der Waals surface area contributed by atoms with E-state index in [4.69, 9.17) is 0 Å². The van der Waals surface area contributed by atoms with Gasteiger partial charge < -0.3 is 5.11 Å². The Morgan fingerprint density at radius 3 is 2.52 bits per heavy atom. The summed E-state index contributed by atoms with van der Waals surface area (Å²) in [6, 6.07) is 0. The van der Waals surface area contributed by atoms with E-state index in [-0.39, 0.29) is 38.0 Å². The molecule has 0 aromatic carbocycles. The van der Waals surface area contributed by atoms with E-state index >= 15 is 0 Å². The summed E-state index contributed by atoms with van der Waals surface area (Å²) >= 11 is 7.34. The first-order valence-corrected chi connectivity index (χ1v) is 12.1. The molecule has 0 amide bonds. The standard InChI is InChI=1S/C22H30Br2O3/c1-11-9-16-13-5-6-15-18(24)19(26)17(23)10-20(15,3)14(13)7-8-21(16,4)22(11,27)12(2)25/h7,11,13,15-18,27H,5-6,8-10H2,1-4H3/t11-,13+,15+,16-,17-,18+,20+,21-,22-/m0/s1. The minimum absolute atomic E-state index is 0.000652. The molecule has 0 spiro atoms. The SMILES string of the molecule is CC(=O)[C@@]1(O)[C@@H](C)C[C@H]2[C@@H]3CC[C@@H]4[C@@H](Br)C(=O)[C@@H](Br)C[C@]4(C)C3=CC[C@@]21C. The Kier molecular flexibility index (Phi) is 4.69. The van der Waals surface area contributed by atoms with Crippen molar-refractivity contribution in [2.45, 2.75) is 75.1 Å². The Hall–Kier alpha value is -0.0000000000000000555. The van der Waals surface area contributed by atoms with Crippen molar-refractivity contribution < 1.29 is 14.7 Å². The number of rotatable bonds is 1. The van der Waals surface area contributed by atoms with Crippen LogP contribution in [0.15, 0.2) is 11.6 Å². The molecule has 4 aliphatic rings. The van der Waals surface area contributed by atoms with Crippen LogP contribution in [0.4, 0.5) is 0 Å². The minimum atomic E-state index is -1.23. The maximum absolute atomic E-state index is 12.5. The second-order valence-corrected chi connectivity index (χ2v) is 12.1. The first-order chi connectivity index (χ1) is 12.5. The van der Waals surface area contributed by atoms with Gasteiger partial charge in [-0.1, -0.05) is 64.3 Å². The van der Waals surface area contributed by atoms with Gasteiger partial charge in [-0.25, -0.2) is 0 Å². The third-order valence-electron chi connectivity index (χ3n) is 8.98. The molecule has 0 radical (unpaired) electrons. The van der Waals surface area contributed by atoms with Crippen LogP contribution in [0.2, 0.25) is 0 Å². The van der Waals surface area contributed by atoms with Crippen LogP contribution in [0, 0.1) is 34.5 Å². The van der Waals surface area contributed by atoms with Gasteiger partial charge in [0.1, 0.15) is 5.60 Å². The fourth-order valence-electron chi connectivity index (χ4n) is 7.50. The van der Waals surface area contributed by atoms with Crippen molar-refractivity contribution >= 4 is 43.4 Å². The predicted molar refractivity (Wildman–Crippen MR) is 113 cm³/mol. The van der Waals surface area contributed by atoms with Gasteiger partial charge in [0.25, 0.3) is 0 Å². The molecule has 0 saturated heterocycles. The molecule has 1 N–H and O–H groups in total. The largest absolute Gasteiger partial charge is 0.381 e. The highest BCUT2D eigenvalue weighted by molar-refractivity contribution is 9.10. The smallest absolute Gasteiger partial charge is 0.162 e. The van der Waals surface area contributed by atoms with Gasteiger partial charge in [-0.15, -0.1) is 0 Å². The molecule has 3 saturated carbocycles. The van der Waals surface area contributed by atoms with Crippen molar-refractivity contribution in [2.24, 2.45) is 34.5 Å². The van der Waals surface area contributed by atoms with E-state index in [1.165, 1.54) is 5.57 Å². The van der Waals surface area contributed by atoms with Gasteiger partial charge in [0.15, 0.2) is 11.6 Å². The van der Waals surface area contributed by atoms with Gasteiger partial charge in [0.05, 0.1) is 9.65 Å². The van der Waals surface area contributed by atoms with E-state index in [0.29, 0.717) is 17.8 Å². The molecule has 0 heterocycles. The number of fused-ring (bicyclic) bond motifs is 5. The highest BCUT2D eigenvalue weighted by Gasteiger charge is 2.67. The second-order valence-electron chi connectivity index (χ2n) is 10.0. The van der Waals surface area contributed by atoms with Crippen molar-refractivity contribution in [3.63, 3.8) is 0 Å². The average Bonchev–Trinajstić information content (AvgIpc) is 2.81. The maximum atomic E-state index is 12.5. The van der Waals surface area contributed by atoms with E-state index in [1.807, 2.05) is 6.92 Å². The molecule has 0 aliphatic heterocycles. The van der Waals surface area contributed by atoms with Crippen molar-refractivity contribution in [2.75, 3.05) is 0 Å². The number of allylic oxidation sites excluding steroid dienone is 2. The normalized spacial score (nSPS) is 54.6. The Morgan fingerprint density at radius 2 is 1.89 bits per heavy atom. The number of carbonyl (C=O) groups excluding carboxylic acids is 2. The van der Waals surface area contributed by atoms with Crippen molar-refractivity contribution in [3.05, 3.63) is 11.6 Å². The highest BCUT2D eigenvalue weighted by Crippen LogP contribution is 2.67. The number of ketones is 2. The van der Waals surface area contributed by atoms with Gasteiger partial charge >= 0.3 is 0 Å². The summed E-state index contributed by atoms with van der Waals surface area (Å²) in [5, 5.41) is 11.5. The Labute approximate surface area is 179 Å². The fourth-order valence-corrected chi connectivity index (χ4v) is 9.98. The average molecular weight is 502 g/mol. The number of carbonyl (C=O) groups is 2. The molecule has 9 atom stereocenters. The molecule has 150 valence electrons. The molecule has 4 aliphatic carbocycles. The van der Waals surface area contributed by atoms with E-state index in [2.05, 4.69) is 51.8 Å². The van der Waals surface area contributed by atoms with Crippen LogP contribution >= 0.6 is 31.9 Å². The third-order valence-corrected chi connectivity index (χ3v) is 10.8. The summed E-state index contributed by atoms with van der Waals surface area (Å²) in [5.74, 6) is 1.26. The molecule has 3 nitrogen and oxygen atoms in total. The van der Waals surface area contributed by atoms with Gasteiger partial charge in [-0.05, 0) is 68.1 Å². The van der Waals surface area contributed by atoms with E-state index in [9.17, 15) is 14.7 Å². The van der Waals surface area contributed by atoms with E-state index in [0.717, 1.165) is 32.1 Å². The fraction of sp³-hybridized carbons (Fsp3) is 0.818. The molecular weight excluding hydrogens is 472 g/mol. The summed E-state index contributed by atoms with van der Waals surface area (Å²) in [4.78, 5) is 24.8. The van der Waals surface area contributed by atoms with Crippen LogP contribution in [0.3, 0.4) is 0 Å². The van der Waals surface area contributed by atoms with Crippen LogP contribution in [0.25, 0.3) is 0 Å². The van der Waals surface area contributed by atoms with E-state index < -0.39 is 5.60 Å². The lowest BCUT2D eigenvalue weighted by Gasteiger charge is -2.58. The zero-order chi connectivity index (χ0) is 19.9. The number of Topliss-reactive ketones (excluding diaryl/α,β-unsaturated/α-hetero) is 2. The summed E-state index contributed by atoms with van der Waals surface area (Å²) < 4.78 is 0. The number of hydrogen-bond donors (Lipinski definition) is 1. The van der Waals surface area contributed by atoms with Gasteiger partial charge in [-0.2, -0.15) is 0 Å². The number of halogens is 2. The lowest BCUT2D eigenvalue weighted by molar-refractivity contribution is -0.156. The number of aliphatic hydroxyl groups is 1. The van der Waals surface area contributed by atoms with Crippen LogP contribution < -0.4 is 0 Å². The first-order valence-electron chi connectivity index (χ1n) is 10.2. The third kappa shape index (κ3) is 2.40. The molecule has 3 fully saturated rings. The zero-order valence-corrected chi connectivity index (χ0v) is 19.8. The van der Waals surface area contributed by atoms with Crippen molar-refractivity contribution in [3.8, 4) is 0 Å². The zero-order valence-electron chi connectivity index (χ0n) is 16.6. The topological polar surface area (TPSA) is 54.4 Å². The molecule has 0 bridgehead atoms. The Bertz CT molecular complexity index is 733. The lowest BCUT2D eigenvalue weighted by atomic mass is 9.48. The molecule has 4 rings (SSSR count). The molecule has 0 aromatic heterocycles. The molecule has 0 unspecified atom stereocenters. The van der Waals surface area contributed by atoms with Crippen molar-refractivity contribution in [1.82, 2.24) is 0 Å². The summed E-state index contributed by atoms with van der Waals surface area (Å²) in [6.07, 6.45) is 6.92. The highest BCUT2D eigenvalue weighted by atomic mass is 79.9. The van der Waals surface area contributed by atoms with Crippen molar-refractivity contribution in [1.29, 1.82) is 0 Å². The predicted octanol–water partition coefficient (Wildman–Crippen LogP) is 4.83. The van der Waals surface area contributed by atoms with Crippen LogP contribution in [0.5, 0.6) is 0 Å². The monoisotopic (exact) mass is 500 g/mol. The first kappa shape index (κ1) is 20.3. The van der Waals surface area contributed by atoms with Gasteiger partial charge in [-0.3, -0.25) is 9.59 Å². The number of alkyl halides is 2. The summed E-state index contributed by atoms with van der Waals surface area (Å²) in [5.41, 5.74) is -0.124. The Balaban J connectivity index is 1.77. The van der Waals surface area contributed by atoms with Crippen LogP contribution in [0.1, 0.15) is 59.8 Å². The van der Waals surface area contributed by atoms with E-state index in [1.54, 1.807) is 6.92 Å². The summed E-state index contributed by atoms with van der Waals surface area (Å²) in [7, 11) is 0.